The zero-order valence-corrected chi connectivity index (χ0v) is 23.0. The van der Waals surface area contributed by atoms with Gasteiger partial charge in [-0.05, 0) is 69.9 Å². The Labute approximate surface area is 228 Å². The number of anilines is 1. The molecule has 212 valence electrons. The molecule has 4 amide bonds. The Bertz CT molecular complexity index is 1170. The Morgan fingerprint density at radius 2 is 1.67 bits per heavy atom. The maximum atomic E-state index is 13.9. The molecule has 0 aliphatic rings. The molecule has 0 aliphatic carbocycles. The number of phenols is 1. The molecule has 0 radical (unpaired) electrons. The number of hydrogen-bond acceptors (Lipinski definition) is 7. The van der Waals surface area contributed by atoms with Crippen LogP contribution in [0.1, 0.15) is 56.3 Å². The van der Waals surface area contributed by atoms with Crippen LogP contribution in [0.2, 0.25) is 0 Å². The van der Waals surface area contributed by atoms with Crippen molar-refractivity contribution in [3.05, 3.63) is 59.2 Å². The largest absolute Gasteiger partial charge is 0.508 e. The van der Waals surface area contributed by atoms with Crippen molar-refractivity contribution >= 4 is 29.5 Å². The molecule has 0 saturated carbocycles. The van der Waals surface area contributed by atoms with Crippen molar-refractivity contribution in [1.82, 2.24) is 10.2 Å². The van der Waals surface area contributed by atoms with E-state index in [4.69, 9.17) is 10.5 Å². The Morgan fingerprint density at radius 3 is 2.21 bits per heavy atom. The Hall–Kier alpha value is -4.12. The van der Waals surface area contributed by atoms with Crippen molar-refractivity contribution in [2.75, 3.05) is 18.5 Å². The normalized spacial score (nSPS) is 12.7. The first-order chi connectivity index (χ1) is 18.2. The molecule has 6 N–H and O–H groups in total. The van der Waals surface area contributed by atoms with Gasteiger partial charge in [-0.25, -0.2) is 4.79 Å². The van der Waals surface area contributed by atoms with Crippen LogP contribution in [0.3, 0.4) is 0 Å². The summed E-state index contributed by atoms with van der Waals surface area (Å²) in [5, 5.41) is 25.4. The van der Waals surface area contributed by atoms with E-state index in [0.717, 1.165) is 16.0 Å². The number of rotatable bonds is 11. The van der Waals surface area contributed by atoms with Crippen LogP contribution < -0.4 is 16.4 Å². The van der Waals surface area contributed by atoms with Crippen LogP contribution in [0.25, 0.3) is 0 Å². The molecular formula is C28H38N4O7. The summed E-state index contributed by atoms with van der Waals surface area (Å²) in [5.41, 5.74) is 6.86. The van der Waals surface area contributed by atoms with Crippen LogP contribution in [-0.4, -0.2) is 63.7 Å². The van der Waals surface area contributed by atoms with Gasteiger partial charge in [-0.3, -0.25) is 14.4 Å². The maximum Gasteiger partial charge on any atom is 0.408 e. The molecule has 11 nitrogen and oxygen atoms in total. The zero-order valence-electron chi connectivity index (χ0n) is 23.0. The first kappa shape index (κ1) is 31.1. The summed E-state index contributed by atoms with van der Waals surface area (Å²) < 4.78 is 5.28. The lowest BCUT2D eigenvalue weighted by Gasteiger charge is -2.34. The number of alkyl carbamates (subject to hydrolysis) is 1. The molecule has 0 fully saturated rings. The van der Waals surface area contributed by atoms with Gasteiger partial charge in [0.05, 0.1) is 6.61 Å². The van der Waals surface area contributed by atoms with E-state index in [9.17, 15) is 29.4 Å². The quantitative estimate of drug-likeness (QED) is 0.290. The number of benzene rings is 2. The molecule has 0 bridgehead atoms. The number of carbonyl (C=O) groups is 4. The number of carbonyl (C=O) groups excluding carboxylic acids is 4. The summed E-state index contributed by atoms with van der Waals surface area (Å²) in [6, 6.07) is 8.73. The van der Waals surface area contributed by atoms with Gasteiger partial charge >= 0.3 is 6.09 Å². The number of phenolic OH excluding ortho intramolecular Hbond substituents is 1. The number of aliphatic hydroxyl groups excluding tert-OH is 1. The van der Waals surface area contributed by atoms with Crippen LogP contribution >= 0.6 is 0 Å². The molecule has 2 unspecified atom stereocenters. The monoisotopic (exact) mass is 542 g/mol. The number of aromatic hydroxyl groups is 1. The molecule has 11 heteroatoms. The smallest absolute Gasteiger partial charge is 0.408 e. The second kappa shape index (κ2) is 13.6. The number of amides is 4. The van der Waals surface area contributed by atoms with E-state index >= 15 is 0 Å². The highest BCUT2D eigenvalue weighted by Crippen LogP contribution is 2.29. The predicted octanol–water partition coefficient (Wildman–Crippen LogP) is 2.67. The molecule has 0 spiro atoms. The van der Waals surface area contributed by atoms with Gasteiger partial charge in [-0.15, -0.1) is 0 Å². The summed E-state index contributed by atoms with van der Waals surface area (Å²) in [6.07, 6.45) is -1.30. The standard InChI is InChI=1S/C28H38N4O7/c1-17-8-6-9-18(2)23(17)31-25(36)24(19-10-7-11-20(34)16-19)32(14-15-33)26(37)21(12-13-22(29)35)30-27(38)39-28(3,4)5/h6-11,16,21,24,33-34H,12-15H2,1-5H3,(H2,29,35)(H,30,38)(H,31,36). The van der Waals surface area contributed by atoms with Gasteiger partial charge in [0, 0.05) is 18.7 Å². The van der Waals surface area contributed by atoms with Gasteiger partial charge in [0.1, 0.15) is 23.4 Å². The fourth-order valence-corrected chi connectivity index (χ4v) is 4.04. The third kappa shape index (κ3) is 9.29. The van der Waals surface area contributed by atoms with E-state index in [-0.39, 0.29) is 30.7 Å². The van der Waals surface area contributed by atoms with Crippen LogP contribution in [0, 0.1) is 13.8 Å². The lowest BCUT2D eigenvalue weighted by Crippen LogP contribution is -2.53. The zero-order chi connectivity index (χ0) is 29.3. The first-order valence-electron chi connectivity index (χ1n) is 12.6. The summed E-state index contributed by atoms with van der Waals surface area (Å²) in [7, 11) is 0. The minimum absolute atomic E-state index is 0.133. The third-order valence-electron chi connectivity index (χ3n) is 5.77. The van der Waals surface area contributed by atoms with Gasteiger partial charge < -0.3 is 36.2 Å². The van der Waals surface area contributed by atoms with E-state index in [1.807, 2.05) is 32.0 Å². The summed E-state index contributed by atoms with van der Waals surface area (Å²) in [6.45, 7) is 7.82. The minimum Gasteiger partial charge on any atom is -0.508 e. The average molecular weight is 543 g/mol. The van der Waals surface area contributed by atoms with E-state index in [0.29, 0.717) is 5.69 Å². The molecule has 39 heavy (non-hydrogen) atoms. The number of para-hydroxylation sites is 1. The molecule has 2 atom stereocenters. The number of aryl methyl sites for hydroxylation is 2. The number of aliphatic hydroxyl groups is 1. The van der Waals surface area contributed by atoms with Crippen LogP contribution in [0.4, 0.5) is 10.5 Å². The highest BCUT2D eigenvalue weighted by molar-refractivity contribution is 6.00. The summed E-state index contributed by atoms with van der Waals surface area (Å²) in [4.78, 5) is 52.9. The predicted molar refractivity (Wildman–Crippen MR) is 146 cm³/mol. The number of hydrogen-bond donors (Lipinski definition) is 5. The van der Waals surface area contributed by atoms with Gasteiger partial charge in [0.25, 0.3) is 5.91 Å². The molecular weight excluding hydrogens is 504 g/mol. The Morgan fingerprint density at radius 1 is 1.05 bits per heavy atom. The second-order valence-corrected chi connectivity index (χ2v) is 10.2. The number of nitrogens with one attached hydrogen (secondary N) is 2. The van der Waals surface area contributed by atoms with Gasteiger partial charge in [0.15, 0.2) is 0 Å². The van der Waals surface area contributed by atoms with Crippen molar-refractivity contribution in [2.24, 2.45) is 5.73 Å². The molecule has 2 aromatic rings. The number of nitrogens with zero attached hydrogens (tertiary/aromatic N) is 1. The lowest BCUT2D eigenvalue weighted by molar-refractivity contribution is -0.141. The highest BCUT2D eigenvalue weighted by Gasteiger charge is 2.36. The molecule has 0 aliphatic heterocycles. The third-order valence-corrected chi connectivity index (χ3v) is 5.77. The van der Waals surface area contributed by atoms with E-state index in [1.54, 1.807) is 26.8 Å². The molecule has 0 aromatic heterocycles. The SMILES string of the molecule is Cc1cccc(C)c1NC(=O)C(c1cccc(O)c1)N(CCO)C(=O)C(CCC(N)=O)NC(=O)OC(C)(C)C. The topological polar surface area (TPSA) is 171 Å². The summed E-state index contributed by atoms with van der Waals surface area (Å²) in [5.74, 6) is -2.18. The van der Waals surface area contributed by atoms with E-state index in [2.05, 4.69) is 10.6 Å². The van der Waals surface area contributed by atoms with Crippen molar-refractivity contribution in [1.29, 1.82) is 0 Å². The average Bonchev–Trinajstić information content (AvgIpc) is 2.82. The van der Waals surface area contributed by atoms with Gasteiger partial charge in [-0.1, -0.05) is 30.3 Å². The molecule has 0 heterocycles. The fourth-order valence-electron chi connectivity index (χ4n) is 4.04. The highest BCUT2D eigenvalue weighted by atomic mass is 16.6. The fraction of sp³-hybridized carbons (Fsp3) is 0.429. The van der Waals surface area contributed by atoms with Crippen molar-refractivity contribution in [3.8, 4) is 5.75 Å². The van der Waals surface area contributed by atoms with Crippen molar-refractivity contribution in [2.45, 2.75) is 65.1 Å². The molecule has 0 saturated heterocycles. The van der Waals surface area contributed by atoms with E-state index < -0.39 is 48.1 Å². The van der Waals surface area contributed by atoms with Gasteiger partial charge in [0.2, 0.25) is 11.8 Å². The molecule has 2 aromatic carbocycles. The number of nitrogens with two attached hydrogens (primary N) is 1. The number of primary amides is 1. The number of ether oxygens (including phenoxy) is 1. The van der Waals surface area contributed by atoms with Crippen LogP contribution in [0.15, 0.2) is 42.5 Å². The second-order valence-electron chi connectivity index (χ2n) is 10.2. The molecule has 2 rings (SSSR count). The summed E-state index contributed by atoms with van der Waals surface area (Å²) >= 11 is 0. The Kier molecular flexibility index (Phi) is 10.9. The minimum atomic E-state index is -1.31. The van der Waals surface area contributed by atoms with Crippen molar-refractivity contribution in [3.63, 3.8) is 0 Å². The van der Waals surface area contributed by atoms with Gasteiger partial charge in [-0.2, -0.15) is 0 Å². The van der Waals surface area contributed by atoms with Crippen LogP contribution in [-0.2, 0) is 19.1 Å². The van der Waals surface area contributed by atoms with E-state index in [1.165, 1.54) is 18.2 Å². The Balaban J connectivity index is 2.54. The first-order valence-corrected chi connectivity index (χ1v) is 12.6. The van der Waals surface area contributed by atoms with Crippen LogP contribution in [0.5, 0.6) is 5.75 Å². The maximum absolute atomic E-state index is 13.9. The lowest BCUT2D eigenvalue weighted by atomic mass is 10.0. The van der Waals surface area contributed by atoms with Crippen molar-refractivity contribution < 1.29 is 34.1 Å².